The lowest BCUT2D eigenvalue weighted by Crippen LogP contribution is -1.95. The summed E-state index contributed by atoms with van der Waals surface area (Å²) < 4.78 is 5.56. The Hall–Kier alpha value is -1.29. The van der Waals surface area contributed by atoms with E-state index in [9.17, 15) is 0 Å². The van der Waals surface area contributed by atoms with Gasteiger partial charge in [0, 0.05) is 11.8 Å². The van der Waals surface area contributed by atoms with Gasteiger partial charge in [-0.3, -0.25) is 0 Å². The van der Waals surface area contributed by atoms with Gasteiger partial charge in [0.05, 0.1) is 11.6 Å². The van der Waals surface area contributed by atoms with Crippen molar-refractivity contribution < 1.29 is 9.84 Å². The lowest BCUT2D eigenvalue weighted by atomic mass is 10.2. The molecule has 0 fully saturated rings. The Labute approximate surface area is 115 Å². The van der Waals surface area contributed by atoms with Crippen molar-refractivity contribution in [3.05, 3.63) is 51.6 Å². The second-order valence-electron chi connectivity index (χ2n) is 3.71. The number of hydrogen-bond donors (Lipinski definition) is 1. The molecule has 18 heavy (non-hydrogen) atoms. The topological polar surface area (TPSA) is 42.4 Å². The molecule has 3 nitrogen and oxygen atoms in total. The number of ether oxygens (including phenoxy) is 1. The molecule has 0 aliphatic rings. The zero-order valence-electron chi connectivity index (χ0n) is 9.65. The smallest absolute Gasteiger partial charge is 0.219 e. The lowest BCUT2D eigenvalue weighted by Gasteiger charge is -2.09. The molecule has 0 aliphatic heterocycles. The number of aliphatic hydroxyl groups is 1. The third-order valence-electron chi connectivity index (χ3n) is 2.47. The van der Waals surface area contributed by atoms with Crippen LogP contribution in [0.2, 0.25) is 10.0 Å². The number of benzene rings is 1. The molecule has 0 saturated heterocycles. The largest absolute Gasteiger partial charge is 0.437 e. The molecule has 94 valence electrons. The van der Waals surface area contributed by atoms with E-state index in [1.165, 1.54) is 0 Å². The maximum Gasteiger partial charge on any atom is 0.219 e. The fourth-order valence-electron chi connectivity index (χ4n) is 1.47. The van der Waals surface area contributed by atoms with E-state index in [1.54, 1.807) is 37.3 Å². The summed E-state index contributed by atoms with van der Waals surface area (Å²) in [4.78, 5) is 4.23. The summed E-state index contributed by atoms with van der Waals surface area (Å²) in [7, 11) is 0. The van der Waals surface area contributed by atoms with Gasteiger partial charge in [0.1, 0.15) is 10.8 Å². The summed E-state index contributed by atoms with van der Waals surface area (Å²) in [6.45, 7) is 1.76. The van der Waals surface area contributed by atoms with Crippen LogP contribution in [0.3, 0.4) is 0 Å². The third-order valence-corrected chi connectivity index (χ3v) is 3.27. The highest BCUT2D eigenvalue weighted by atomic mass is 35.5. The fourth-order valence-corrected chi connectivity index (χ4v) is 1.80. The number of aliphatic hydroxyl groups excluding tert-OH is 1. The first-order valence-electron chi connectivity index (χ1n) is 5.31. The van der Waals surface area contributed by atoms with Crippen LogP contribution in [-0.4, -0.2) is 10.1 Å². The summed E-state index contributed by atoms with van der Waals surface area (Å²) in [6, 6.07) is 8.58. The number of hydrogen-bond acceptors (Lipinski definition) is 3. The highest BCUT2D eigenvalue weighted by Crippen LogP contribution is 2.34. The van der Waals surface area contributed by atoms with Crippen LogP contribution >= 0.6 is 23.2 Å². The van der Waals surface area contributed by atoms with Crippen LogP contribution in [0.25, 0.3) is 0 Å². The number of aryl methyl sites for hydroxylation is 1. The van der Waals surface area contributed by atoms with Crippen LogP contribution in [0.15, 0.2) is 30.3 Å². The van der Waals surface area contributed by atoms with Crippen molar-refractivity contribution in [2.75, 3.05) is 0 Å². The molecular formula is C13H11Cl2NO2. The normalized spacial score (nSPS) is 10.4. The van der Waals surface area contributed by atoms with Gasteiger partial charge in [0.15, 0.2) is 0 Å². The molecule has 0 atom stereocenters. The molecule has 1 aromatic carbocycles. The zero-order chi connectivity index (χ0) is 13.1. The third kappa shape index (κ3) is 2.75. The van der Waals surface area contributed by atoms with Gasteiger partial charge in [0.25, 0.3) is 0 Å². The molecule has 0 bridgehead atoms. The molecule has 0 unspecified atom stereocenters. The summed E-state index contributed by atoms with van der Waals surface area (Å²) in [5.74, 6) is 0.863. The number of aromatic nitrogens is 1. The molecule has 0 radical (unpaired) electrons. The van der Waals surface area contributed by atoms with E-state index in [-0.39, 0.29) is 6.61 Å². The van der Waals surface area contributed by atoms with Crippen LogP contribution in [0, 0.1) is 6.92 Å². The number of rotatable bonds is 3. The van der Waals surface area contributed by atoms with Gasteiger partial charge in [0.2, 0.25) is 5.88 Å². The van der Waals surface area contributed by atoms with Gasteiger partial charge < -0.3 is 9.84 Å². The molecule has 0 spiro atoms. The monoisotopic (exact) mass is 283 g/mol. The van der Waals surface area contributed by atoms with E-state index < -0.39 is 0 Å². The second-order valence-corrected chi connectivity index (χ2v) is 4.49. The maximum atomic E-state index is 9.06. The minimum atomic E-state index is -0.0446. The first kappa shape index (κ1) is 13.1. The molecule has 0 aliphatic carbocycles. The van der Waals surface area contributed by atoms with Gasteiger partial charge in [-0.2, -0.15) is 0 Å². The van der Waals surface area contributed by atoms with Crippen molar-refractivity contribution in [1.82, 2.24) is 4.98 Å². The summed E-state index contributed by atoms with van der Waals surface area (Å²) >= 11 is 11.9. The van der Waals surface area contributed by atoms with E-state index in [4.69, 9.17) is 33.0 Å². The molecule has 0 amide bonds. The number of halogens is 2. The molecule has 5 heteroatoms. The van der Waals surface area contributed by atoms with Crippen LogP contribution < -0.4 is 4.74 Å². The first-order chi connectivity index (χ1) is 8.61. The van der Waals surface area contributed by atoms with E-state index in [0.29, 0.717) is 27.4 Å². The fraction of sp³-hybridized carbons (Fsp3) is 0.154. The Bertz CT molecular complexity index is 573. The second kappa shape index (κ2) is 5.57. The van der Waals surface area contributed by atoms with Gasteiger partial charge in [-0.05, 0) is 30.7 Å². The Morgan fingerprint density at radius 1 is 1.22 bits per heavy atom. The highest BCUT2D eigenvalue weighted by molar-refractivity contribution is 6.42. The Morgan fingerprint density at radius 3 is 2.67 bits per heavy atom. The average Bonchev–Trinajstić information content (AvgIpc) is 2.35. The summed E-state index contributed by atoms with van der Waals surface area (Å²) in [5, 5.41) is 9.84. The minimum absolute atomic E-state index is 0.0446. The number of pyridine rings is 1. The molecule has 0 saturated carbocycles. The van der Waals surface area contributed by atoms with Crippen LogP contribution in [0.5, 0.6) is 11.6 Å². The standard InChI is InChI=1S/C13H11Cl2NO2/c1-8-9(7-17)5-6-12(16-8)18-11-4-2-3-10(14)13(11)15/h2-6,17H,7H2,1H3. The SMILES string of the molecule is Cc1nc(Oc2cccc(Cl)c2Cl)ccc1CO. The number of nitrogens with zero attached hydrogens (tertiary/aromatic N) is 1. The molecule has 2 aromatic rings. The minimum Gasteiger partial charge on any atom is -0.437 e. The van der Waals surface area contributed by atoms with Crippen molar-refractivity contribution in [3.8, 4) is 11.6 Å². The molecule has 2 rings (SSSR count). The predicted octanol–water partition coefficient (Wildman–Crippen LogP) is 3.98. The van der Waals surface area contributed by atoms with Crippen LogP contribution in [0.1, 0.15) is 11.3 Å². The Morgan fingerprint density at radius 2 is 2.00 bits per heavy atom. The van der Waals surface area contributed by atoms with Crippen molar-refractivity contribution in [3.63, 3.8) is 0 Å². The van der Waals surface area contributed by atoms with Crippen molar-refractivity contribution in [2.24, 2.45) is 0 Å². The summed E-state index contributed by atoms with van der Waals surface area (Å²) in [6.07, 6.45) is 0. The summed E-state index contributed by atoms with van der Waals surface area (Å²) in [5.41, 5.74) is 1.48. The predicted molar refractivity (Wildman–Crippen MR) is 71.4 cm³/mol. The van der Waals surface area contributed by atoms with Gasteiger partial charge in [-0.15, -0.1) is 0 Å². The molecular weight excluding hydrogens is 273 g/mol. The molecule has 1 aromatic heterocycles. The average molecular weight is 284 g/mol. The zero-order valence-corrected chi connectivity index (χ0v) is 11.2. The van der Waals surface area contributed by atoms with E-state index in [0.717, 1.165) is 5.56 Å². The van der Waals surface area contributed by atoms with Crippen LogP contribution in [0.4, 0.5) is 0 Å². The first-order valence-corrected chi connectivity index (χ1v) is 6.06. The van der Waals surface area contributed by atoms with E-state index in [2.05, 4.69) is 4.98 Å². The lowest BCUT2D eigenvalue weighted by molar-refractivity contribution is 0.280. The molecule has 1 heterocycles. The maximum absolute atomic E-state index is 9.06. The van der Waals surface area contributed by atoms with Crippen molar-refractivity contribution >= 4 is 23.2 Å². The van der Waals surface area contributed by atoms with E-state index >= 15 is 0 Å². The van der Waals surface area contributed by atoms with Gasteiger partial charge in [-0.25, -0.2) is 4.98 Å². The van der Waals surface area contributed by atoms with Crippen LogP contribution in [-0.2, 0) is 6.61 Å². The van der Waals surface area contributed by atoms with Crippen molar-refractivity contribution in [1.29, 1.82) is 0 Å². The quantitative estimate of drug-likeness (QED) is 0.926. The Kier molecular flexibility index (Phi) is 4.07. The Balaban J connectivity index is 2.29. The van der Waals surface area contributed by atoms with Gasteiger partial charge >= 0.3 is 0 Å². The van der Waals surface area contributed by atoms with Crippen molar-refractivity contribution in [2.45, 2.75) is 13.5 Å². The molecule has 1 N–H and O–H groups in total. The van der Waals surface area contributed by atoms with E-state index in [1.807, 2.05) is 0 Å². The van der Waals surface area contributed by atoms with Gasteiger partial charge in [-0.1, -0.05) is 29.3 Å². The highest BCUT2D eigenvalue weighted by Gasteiger charge is 2.08.